The van der Waals surface area contributed by atoms with Gasteiger partial charge in [0.1, 0.15) is 0 Å². The summed E-state index contributed by atoms with van der Waals surface area (Å²) >= 11 is 1.29. The van der Waals surface area contributed by atoms with Gasteiger partial charge in [0.25, 0.3) is 5.56 Å². The Balaban J connectivity index is 1.95. The maximum absolute atomic E-state index is 13.4. The summed E-state index contributed by atoms with van der Waals surface area (Å²) in [6.07, 6.45) is 3.43. The molecule has 0 saturated carbocycles. The van der Waals surface area contributed by atoms with E-state index in [1.54, 1.807) is 23.8 Å². The zero-order chi connectivity index (χ0) is 22.1. The lowest BCUT2D eigenvalue weighted by atomic mass is 9.93. The molecule has 31 heavy (non-hydrogen) atoms. The van der Waals surface area contributed by atoms with Gasteiger partial charge in [0.2, 0.25) is 0 Å². The molecule has 1 atom stereocenters. The van der Waals surface area contributed by atoms with Crippen molar-refractivity contribution < 1.29 is 9.53 Å². The van der Waals surface area contributed by atoms with Crippen molar-refractivity contribution in [3.63, 3.8) is 0 Å². The molecule has 1 aromatic carbocycles. The molecule has 0 amide bonds. The number of esters is 1. The average molecular weight is 434 g/mol. The zero-order valence-corrected chi connectivity index (χ0v) is 18.6. The number of allylic oxidation sites excluding steroid dienone is 1. The van der Waals surface area contributed by atoms with Crippen molar-refractivity contribution in [1.82, 2.24) is 9.55 Å². The fraction of sp³-hybridized carbons (Fsp3) is 0.250. The highest BCUT2D eigenvalue weighted by Gasteiger charge is 2.33. The van der Waals surface area contributed by atoms with Crippen LogP contribution in [0.2, 0.25) is 0 Å². The largest absolute Gasteiger partial charge is 0.466 e. The van der Waals surface area contributed by atoms with Gasteiger partial charge >= 0.3 is 5.97 Å². The van der Waals surface area contributed by atoms with E-state index < -0.39 is 12.0 Å². The predicted molar refractivity (Wildman–Crippen MR) is 121 cm³/mol. The molecule has 6 nitrogen and oxygen atoms in total. The topological polar surface area (TPSA) is 73.6 Å². The molecule has 158 valence electrons. The van der Waals surface area contributed by atoms with E-state index in [1.807, 2.05) is 42.5 Å². The second kappa shape index (κ2) is 8.43. The van der Waals surface area contributed by atoms with E-state index >= 15 is 0 Å². The van der Waals surface area contributed by atoms with Gasteiger partial charge in [0, 0.05) is 6.20 Å². The van der Waals surface area contributed by atoms with Gasteiger partial charge in [0.15, 0.2) is 4.80 Å². The SMILES string of the molecule is COC(=O)C1=C(C)N=c2s/c(=C\c3ccccn3)c(=O)n2C1c1ccc(C(C)C)cc1. The third kappa shape index (κ3) is 3.88. The standard InChI is InChI=1S/C24H23N3O3S/c1-14(2)16-8-10-17(11-9-16)21-20(23(29)30-4)15(3)26-24-27(21)22(28)19(31-24)13-18-7-5-6-12-25-18/h5-14,21H,1-4H3/b19-13-. The molecular weight excluding hydrogens is 410 g/mol. The summed E-state index contributed by atoms with van der Waals surface area (Å²) in [5.74, 6) is -0.107. The maximum Gasteiger partial charge on any atom is 0.338 e. The van der Waals surface area contributed by atoms with Crippen LogP contribution in [0.1, 0.15) is 49.6 Å². The normalized spacial score (nSPS) is 16.3. The van der Waals surface area contributed by atoms with Crippen molar-refractivity contribution in [2.75, 3.05) is 7.11 Å². The molecule has 4 rings (SSSR count). The number of aromatic nitrogens is 2. The van der Waals surface area contributed by atoms with Crippen LogP contribution in [-0.2, 0) is 9.53 Å². The number of benzene rings is 1. The summed E-state index contributed by atoms with van der Waals surface area (Å²) in [7, 11) is 1.34. The number of hydrogen-bond acceptors (Lipinski definition) is 6. The molecule has 3 aromatic rings. The summed E-state index contributed by atoms with van der Waals surface area (Å²) < 4.78 is 7.14. The number of carbonyl (C=O) groups excluding carboxylic acids is 1. The first-order valence-corrected chi connectivity index (χ1v) is 10.8. The molecule has 0 radical (unpaired) electrons. The van der Waals surface area contributed by atoms with Crippen molar-refractivity contribution in [2.45, 2.75) is 32.7 Å². The Morgan fingerprint density at radius 1 is 1.19 bits per heavy atom. The van der Waals surface area contributed by atoms with Crippen molar-refractivity contribution in [3.05, 3.63) is 96.4 Å². The van der Waals surface area contributed by atoms with Crippen molar-refractivity contribution >= 4 is 23.4 Å². The number of hydrogen-bond donors (Lipinski definition) is 0. The van der Waals surface area contributed by atoms with Crippen LogP contribution < -0.4 is 14.9 Å². The molecule has 0 aliphatic carbocycles. The molecule has 0 bridgehead atoms. The van der Waals surface area contributed by atoms with Crippen LogP contribution in [0, 0.1) is 0 Å². The van der Waals surface area contributed by atoms with E-state index in [0.717, 1.165) is 5.56 Å². The third-order valence-electron chi connectivity index (χ3n) is 5.31. The number of pyridine rings is 1. The fourth-order valence-corrected chi connectivity index (χ4v) is 4.70. The second-order valence-electron chi connectivity index (χ2n) is 7.65. The van der Waals surface area contributed by atoms with Gasteiger partial charge in [-0.25, -0.2) is 9.79 Å². The van der Waals surface area contributed by atoms with Gasteiger partial charge in [-0.15, -0.1) is 0 Å². The number of rotatable bonds is 4. The van der Waals surface area contributed by atoms with Gasteiger partial charge in [-0.3, -0.25) is 14.3 Å². The van der Waals surface area contributed by atoms with Crippen LogP contribution in [0.5, 0.6) is 0 Å². The number of carbonyl (C=O) groups is 1. The average Bonchev–Trinajstić information content (AvgIpc) is 3.07. The minimum atomic E-state index is -0.601. The van der Waals surface area contributed by atoms with Crippen LogP contribution in [0.3, 0.4) is 0 Å². The van der Waals surface area contributed by atoms with Gasteiger partial charge in [-0.05, 0) is 42.2 Å². The van der Waals surface area contributed by atoms with E-state index in [1.165, 1.54) is 24.0 Å². The van der Waals surface area contributed by atoms with Crippen molar-refractivity contribution in [3.8, 4) is 0 Å². The Hall–Kier alpha value is -3.32. The monoisotopic (exact) mass is 433 g/mol. The number of thiazole rings is 1. The molecule has 1 aliphatic rings. The van der Waals surface area contributed by atoms with Crippen LogP contribution in [0.4, 0.5) is 0 Å². The van der Waals surface area contributed by atoms with E-state index in [2.05, 4.69) is 23.8 Å². The van der Waals surface area contributed by atoms with Crippen LogP contribution in [-0.4, -0.2) is 22.6 Å². The first-order valence-electron chi connectivity index (χ1n) is 10.0. The quantitative estimate of drug-likeness (QED) is 0.593. The van der Waals surface area contributed by atoms with E-state index in [-0.39, 0.29) is 5.56 Å². The van der Waals surface area contributed by atoms with Gasteiger partial charge in [-0.1, -0.05) is 55.5 Å². The van der Waals surface area contributed by atoms with Crippen LogP contribution in [0.25, 0.3) is 6.08 Å². The highest BCUT2D eigenvalue weighted by molar-refractivity contribution is 7.07. The van der Waals surface area contributed by atoms with E-state index in [9.17, 15) is 9.59 Å². The van der Waals surface area contributed by atoms with E-state index in [4.69, 9.17) is 4.74 Å². The second-order valence-corrected chi connectivity index (χ2v) is 8.66. The molecule has 1 unspecified atom stereocenters. The summed E-state index contributed by atoms with van der Waals surface area (Å²) in [6, 6.07) is 12.9. The zero-order valence-electron chi connectivity index (χ0n) is 17.8. The molecule has 2 aromatic heterocycles. The molecule has 0 spiro atoms. The number of nitrogens with zero attached hydrogens (tertiary/aromatic N) is 3. The van der Waals surface area contributed by atoms with Gasteiger partial charge < -0.3 is 4.74 Å². The molecule has 0 saturated heterocycles. The van der Waals surface area contributed by atoms with E-state index in [0.29, 0.717) is 32.2 Å². The molecular formula is C24H23N3O3S. The fourth-order valence-electron chi connectivity index (χ4n) is 3.67. The maximum atomic E-state index is 13.4. The van der Waals surface area contributed by atoms with Crippen LogP contribution in [0.15, 0.2) is 69.7 Å². The highest BCUT2D eigenvalue weighted by atomic mass is 32.1. The Kier molecular flexibility index (Phi) is 5.69. The molecule has 0 fully saturated rings. The number of ether oxygens (including phenoxy) is 1. The lowest BCUT2D eigenvalue weighted by Gasteiger charge is -2.24. The molecule has 0 N–H and O–H groups in total. The smallest absolute Gasteiger partial charge is 0.338 e. The number of methoxy groups -OCH3 is 1. The van der Waals surface area contributed by atoms with Crippen LogP contribution >= 0.6 is 11.3 Å². The molecule has 3 heterocycles. The highest BCUT2D eigenvalue weighted by Crippen LogP contribution is 2.31. The molecule has 1 aliphatic heterocycles. The first-order chi connectivity index (χ1) is 14.9. The van der Waals surface area contributed by atoms with Gasteiger partial charge in [0.05, 0.1) is 34.6 Å². The van der Waals surface area contributed by atoms with Crippen molar-refractivity contribution in [2.24, 2.45) is 4.99 Å². The Morgan fingerprint density at radius 2 is 1.94 bits per heavy atom. The summed E-state index contributed by atoms with van der Waals surface area (Å²) in [6.45, 7) is 6.02. The third-order valence-corrected chi connectivity index (χ3v) is 6.30. The summed E-state index contributed by atoms with van der Waals surface area (Å²) in [5.41, 5.74) is 3.43. The molecule has 7 heteroatoms. The Labute approximate surface area is 183 Å². The lowest BCUT2D eigenvalue weighted by Crippen LogP contribution is -2.39. The lowest BCUT2D eigenvalue weighted by molar-refractivity contribution is -0.136. The number of fused-ring (bicyclic) bond motifs is 1. The minimum Gasteiger partial charge on any atom is -0.466 e. The Morgan fingerprint density at radius 3 is 2.55 bits per heavy atom. The predicted octanol–water partition coefficient (Wildman–Crippen LogP) is 2.93. The Bertz CT molecular complexity index is 1330. The van der Waals surface area contributed by atoms with Gasteiger partial charge in [-0.2, -0.15) is 0 Å². The summed E-state index contributed by atoms with van der Waals surface area (Å²) in [4.78, 5) is 35.5. The minimum absolute atomic E-state index is 0.207. The van der Waals surface area contributed by atoms with Crippen molar-refractivity contribution in [1.29, 1.82) is 0 Å². The summed E-state index contributed by atoms with van der Waals surface area (Å²) in [5, 5.41) is 0. The first kappa shape index (κ1) is 20.9.